The largest absolute Gasteiger partial charge is 0.387 e. The van der Waals surface area contributed by atoms with E-state index < -0.39 is 6.10 Å². The van der Waals surface area contributed by atoms with Crippen LogP contribution in [0.1, 0.15) is 11.7 Å². The molecule has 0 spiro atoms. The van der Waals surface area contributed by atoms with E-state index in [4.69, 9.17) is 6.92 Å². The van der Waals surface area contributed by atoms with Gasteiger partial charge in [-0.15, -0.1) is 0 Å². The lowest BCUT2D eigenvalue weighted by Crippen LogP contribution is -2.20. The SMILES string of the molecule is [CH]CNCC(O)c1ccccc1. The van der Waals surface area contributed by atoms with Crippen molar-refractivity contribution in [3.63, 3.8) is 0 Å². The smallest absolute Gasteiger partial charge is 0.0914 e. The van der Waals surface area contributed by atoms with Crippen molar-refractivity contribution in [3.05, 3.63) is 42.8 Å². The molecule has 1 rings (SSSR count). The number of aliphatic hydroxyl groups is 1. The molecule has 0 aliphatic heterocycles. The average Bonchev–Trinajstić information content (AvgIpc) is 2.15. The maximum absolute atomic E-state index is 9.53. The molecule has 0 saturated heterocycles. The summed E-state index contributed by atoms with van der Waals surface area (Å²) in [4.78, 5) is 0. The Balaban J connectivity index is 2.48. The van der Waals surface area contributed by atoms with E-state index in [0.29, 0.717) is 13.1 Å². The summed E-state index contributed by atoms with van der Waals surface area (Å²) in [5.74, 6) is 0. The van der Waals surface area contributed by atoms with Gasteiger partial charge in [0.2, 0.25) is 0 Å². The standard InChI is InChI=1S/C10H13NO/c1-2-11-8-10(12)9-6-4-3-5-7-9/h1,3-7,10-12H,2,8H2. The van der Waals surface area contributed by atoms with Crippen LogP contribution >= 0.6 is 0 Å². The Labute approximate surface area is 73.2 Å². The maximum Gasteiger partial charge on any atom is 0.0914 e. The van der Waals surface area contributed by atoms with Gasteiger partial charge in [0, 0.05) is 6.54 Å². The summed E-state index contributed by atoms with van der Waals surface area (Å²) in [6.07, 6.45) is -0.463. The van der Waals surface area contributed by atoms with Gasteiger partial charge in [-0.3, -0.25) is 0 Å². The van der Waals surface area contributed by atoms with E-state index in [9.17, 15) is 5.11 Å². The van der Waals surface area contributed by atoms with E-state index in [1.54, 1.807) is 0 Å². The highest BCUT2D eigenvalue weighted by molar-refractivity contribution is 5.17. The fourth-order valence-corrected chi connectivity index (χ4v) is 1.01. The summed E-state index contributed by atoms with van der Waals surface area (Å²) in [7, 11) is 0. The second-order valence-electron chi connectivity index (χ2n) is 2.58. The molecule has 12 heavy (non-hydrogen) atoms. The third-order valence-electron chi connectivity index (χ3n) is 1.67. The molecule has 0 aliphatic rings. The van der Waals surface area contributed by atoms with Crippen molar-refractivity contribution in [1.29, 1.82) is 0 Å². The van der Waals surface area contributed by atoms with Crippen molar-refractivity contribution >= 4 is 0 Å². The van der Waals surface area contributed by atoms with Gasteiger partial charge in [-0.1, -0.05) is 30.3 Å². The molecule has 1 aromatic carbocycles. The monoisotopic (exact) mass is 163 g/mol. The third-order valence-corrected chi connectivity index (χ3v) is 1.67. The fourth-order valence-electron chi connectivity index (χ4n) is 1.01. The van der Waals surface area contributed by atoms with Gasteiger partial charge in [-0.25, -0.2) is 0 Å². The molecule has 0 aromatic heterocycles. The van der Waals surface area contributed by atoms with Crippen molar-refractivity contribution < 1.29 is 5.11 Å². The normalized spacial score (nSPS) is 12.8. The van der Waals surface area contributed by atoms with Crippen molar-refractivity contribution in [2.45, 2.75) is 6.10 Å². The second kappa shape index (κ2) is 4.91. The minimum Gasteiger partial charge on any atom is -0.387 e. The quantitative estimate of drug-likeness (QED) is 0.694. The highest BCUT2D eigenvalue weighted by atomic mass is 16.3. The van der Waals surface area contributed by atoms with Crippen molar-refractivity contribution in [3.8, 4) is 0 Å². The lowest BCUT2D eigenvalue weighted by molar-refractivity contribution is 0.176. The Hall–Kier alpha value is -0.860. The first-order valence-corrected chi connectivity index (χ1v) is 3.98. The first-order chi connectivity index (χ1) is 5.84. The Morgan fingerprint density at radius 1 is 1.33 bits per heavy atom. The van der Waals surface area contributed by atoms with Crippen LogP contribution in [0.5, 0.6) is 0 Å². The Kier molecular flexibility index (Phi) is 3.77. The van der Waals surface area contributed by atoms with E-state index in [0.717, 1.165) is 5.56 Å². The van der Waals surface area contributed by atoms with Gasteiger partial charge in [0.15, 0.2) is 0 Å². The fraction of sp³-hybridized carbons (Fsp3) is 0.300. The molecule has 0 heterocycles. The molecule has 1 aromatic rings. The van der Waals surface area contributed by atoms with Crippen LogP contribution in [-0.4, -0.2) is 18.2 Å². The molecule has 1 atom stereocenters. The van der Waals surface area contributed by atoms with Gasteiger partial charge in [0.1, 0.15) is 0 Å². The van der Waals surface area contributed by atoms with E-state index in [1.165, 1.54) is 0 Å². The van der Waals surface area contributed by atoms with Crippen LogP contribution in [-0.2, 0) is 0 Å². The van der Waals surface area contributed by atoms with Crippen molar-refractivity contribution in [1.82, 2.24) is 5.32 Å². The van der Waals surface area contributed by atoms with Crippen LogP contribution in [0.25, 0.3) is 0 Å². The van der Waals surface area contributed by atoms with E-state index in [2.05, 4.69) is 5.32 Å². The van der Waals surface area contributed by atoms with Crippen LogP contribution in [0, 0.1) is 6.92 Å². The van der Waals surface area contributed by atoms with Crippen molar-refractivity contribution in [2.75, 3.05) is 13.1 Å². The van der Waals surface area contributed by atoms with E-state index in [-0.39, 0.29) is 0 Å². The van der Waals surface area contributed by atoms with Crippen LogP contribution in [0.15, 0.2) is 30.3 Å². The first kappa shape index (κ1) is 9.23. The molecule has 0 saturated carbocycles. The summed E-state index contributed by atoms with van der Waals surface area (Å²) < 4.78 is 0. The zero-order chi connectivity index (χ0) is 8.81. The predicted molar refractivity (Wildman–Crippen MR) is 48.6 cm³/mol. The zero-order valence-corrected chi connectivity index (χ0v) is 6.90. The van der Waals surface area contributed by atoms with Gasteiger partial charge in [0.05, 0.1) is 6.10 Å². The van der Waals surface area contributed by atoms with Gasteiger partial charge in [-0.05, 0) is 19.0 Å². The molecule has 2 N–H and O–H groups in total. The van der Waals surface area contributed by atoms with Gasteiger partial charge in [0.25, 0.3) is 0 Å². The molecular formula is C10H13NO. The third kappa shape index (κ3) is 2.64. The lowest BCUT2D eigenvalue weighted by Gasteiger charge is -2.10. The number of rotatable bonds is 4. The molecule has 0 fully saturated rings. The molecule has 2 nitrogen and oxygen atoms in total. The minimum atomic E-state index is -0.463. The number of aliphatic hydroxyl groups excluding tert-OH is 1. The van der Waals surface area contributed by atoms with Crippen molar-refractivity contribution in [2.24, 2.45) is 0 Å². The predicted octanol–water partition coefficient (Wildman–Crippen LogP) is 1.02. The summed E-state index contributed by atoms with van der Waals surface area (Å²) >= 11 is 0. The molecule has 0 aliphatic carbocycles. The number of nitrogens with one attached hydrogen (secondary N) is 1. The van der Waals surface area contributed by atoms with Gasteiger partial charge >= 0.3 is 0 Å². The molecule has 2 radical (unpaired) electrons. The number of benzene rings is 1. The molecule has 0 bridgehead atoms. The van der Waals surface area contributed by atoms with Crippen LogP contribution in [0.2, 0.25) is 0 Å². The summed E-state index contributed by atoms with van der Waals surface area (Å²) in [6.45, 7) is 6.13. The Morgan fingerprint density at radius 3 is 2.58 bits per heavy atom. The molecule has 1 unspecified atom stereocenters. The highest BCUT2D eigenvalue weighted by Crippen LogP contribution is 2.09. The molecule has 64 valence electrons. The molecule has 0 amide bonds. The number of hydrogen-bond acceptors (Lipinski definition) is 2. The maximum atomic E-state index is 9.53. The molecular weight excluding hydrogens is 150 g/mol. The van der Waals surface area contributed by atoms with Gasteiger partial charge < -0.3 is 10.4 Å². The van der Waals surface area contributed by atoms with E-state index in [1.807, 2.05) is 30.3 Å². The summed E-state index contributed by atoms with van der Waals surface area (Å²) in [6, 6.07) is 9.51. The van der Waals surface area contributed by atoms with Crippen LogP contribution in [0.3, 0.4) is 0 Å². The van der Waals surface area contributed by atoms with Crippen LogP contribution in [0.4, 0.5) is 0 Å². The lowest BCUT2D eigenvalue weighted by atomic mass is 10.1. The number of hydrogen-bond donors (Lipinski definition) is 2. The Bertz CT molecular complexity index is 210. The summed E-state index contributed by atoms with van der Waals surface area (Å²) in [5.41, 5.74) is 0.915. The minimum absolute atomic E-state index is 0.393. The van der Waals surface area contributed by atoms with Crippen LogP contribution < -0.4 is 5.32 Å². The second-order valence-corrected chi connectivity index (χ2v) is 2.58. The highest BCUT2D eigenvalue weighted by Gasteiger charge is 2.03. The summed E-state index contributed by atoms with van der Waals surface area (Å²) in [5, 5.41) is 12.4. The van der Waals surface area contributed by atoms with Gasteiger partial charge in [-0.2, -0.15) is 0 Å². The topological polar surface area (TPSA) is 32.3 Å². The van der Waals surface area contributed by atoms with E-state index >= 15 is 0 Å². The Morgan fingerprint density at radius 2 is 2.00 bits per heavy atom. The average molecular weight is 163 g/mol. The zero-order valence-electron chi connectivity index (χ0n) is 6.90. The first-order valence-electron chi connectivity index (χ1n) is 3.98. The molecule has 2 heteroatoms.